The first-order valence-corrected chi connectivity index (χ1v) is 7.45. The van der Waals surface area contributed by atoms with E-state index in [4.69, 9.17) is 21.4 Å². The molecule has 1 aromatic carbocycles. The van der Waals surface area contributed by atoms with E-state index >= 15 is 0 Å². The SMILES string of the molecule is COc1ccc(NC(=S)NC(=O)C=Cc2ccco2)cc1Br. The molecule has 0 saturated heterocycles. The second kappa shape index (κ2) is 7.77. The summed E-state index contributed by atoms with van der Waals surface area (Å²) < 4.78 is 11.0. The highest BCUT2D eigenvalue weighted by atomic mass is 79.9. The number of carbonyl (C=O) groups is 1. The van der Waals surface area contributed by atoms with Crippen LogP contribution in [0.25, 0.3) is 6.08 Å². The molecule has 0 aliphatic carbocycles. The Morgan fingerprint density at radius 3 is 2.86 bits per heavy atom. The Morgan fingerprint density at radius 2 is 2.23 bits per heavy atom. The highest BCUT2D eigenvalue weighted by Gasteiger charge is 2.05. The number of thiocarbonyl (C=S) groups is 1. The molecule has 0 aliphatic rings. The summed E-state index contributed by atoms with van der Waals surface area (Å²) in [6.45, 7) is 0. The van der Waals surface area contributed by atoms with E-state index in [1.54, 1.807) is 43.5 Å². The normalized spacial score (nSPS) is 10.5. The van der Waals surface area contributed by atoms with Gasteiger partial charge in [0, 0.05) is 11.8 Å². The first kappa shape index (κ1) is 16.3. The molecule has 7 heteroatoms. The van der Waals surface area contributed by atoms with Crippen LogP contribution in [0.5, 0.6) is 5.75 Å². The lowest BCUT2D eigenvalue weighted by Crippen LogP contribution is -2.32. The zero-order valence-corrected chi connectivity index (χ0v) is 14.0. The van der Waals surface area contributed by atoms with Gasteiger partial charge in [0.1, 0.15) is 11.5 Å². The zero-order chi connectivity index (χ0) is 15.9. The van der Waals surface area contributed by atoms with Gasteiger partial charge in [0.15, 0.2) is 5.11 Å². The van der Waals surface area contributed by atoms with Crippen molar-refractivity contribution in [2.75, 3.05) is 12.4 Å². The van der Waals surface area contributed by atoms with Crippen LogP contribution >= 0.6 is 28.1 Å². The molecule has 0 unspecified atom stereocenters. The van der Waals surface area contributed by atoms with E-state index in [0.29, 0.717) is 11.5 Å². The number of methoxy groups -OCH3 is 1. The Morgan fingerprint density at radius 1 is 1.41 bits per heavy atom. The quantitative estimate of drug-likeness (QED) is 0.626. The minimum absolute atomic E-state index is 0.200. The van der Waals surface area contributed by atoms with Gasteiger partial charge in [0.2, 0.25) is 5.91 Å². The Hall–Kier alpha value is -2.12. The fraction of sp³-hybridized carbons (Fsp3) is 0.0667. The van der Waals surface area contributed by atoms with Crippen molar-refractivity contribution < 1.29 is 13.9 Å². The van der Waals surface area contributed by atoms with Gasteiger partial charge < -0.3 is 14.5 Å². The number of anilines is 1. The molecule has 0 aliphatic heterocycles. The lowest BCUT2D eigenvalue weighted by atomic mass is 10.3. The molecule has 114 valence electrons. The van der Waals surface area contributed by atoms with Gasteiger partial charge in [-0.25, -0.2) is 0 Å². The van der Waals surface area contributed by atoms with Crippen molar-refractivity contribution in [3.8, 4) is 5.75 Å². The summed E-state index contributed by atoms with van der Waals surface area (Å²) in [5.74, 6) is 0.955. The first-order chi connectivity index (χ1) is 10.6. The third-order valence-electron chi connectivity index (χ3n) is 2.59. The van der Waals surface area contributed by atoms with E-state index in [-0.39, 0.29) is 11.0 Å². The highest BCUT2D eigenvalue weighted by molar-refractivity contribution is 9.10. The zero-order valence-electron chi connectivity index (χ0n) is 11.6. The number of benzene rings is 1. The van der Waals surface area contributed by atoms with Gasteiger partial charge in [-0.05, 0) is 64.6 Å². The molecular formula is C15H13BrN2O3S. The fourth-order valence-corrected chi connectivity index (χ4v) is 2.36. The maximum Gasteiger partial charge on any atom is 0.250 e. The van der Waals surface area contributed by atoms with Crippen LogP contribution in [-0.4, -0.2) is 18.1 Å². The van der Waals surface area contributed by atoms with E-state index in [1.807, 2.05) is 0 Å². The number of amides is 1. The summed E-state index contributed by atoms with van der Waals surface area (Å²) in [6.07, 6.45) is 4.43. The van der Waals surface area contributed by atoms with Crippen molar-refractivity contribution in [1.82, 2.24) is 5.32 Å². The number of hydrogen-bond acceptors (Lipinski definition) is 4. The molecule has 2 N–H and O–H groups in total. The molecule has 0 radical (unpaired) electrons. The molecule has 2 aromatic rings. The maximum absolute atomic E-state index is 11.7. The van der Waals surface area contributed by atoms with Crippen molar-refractivity contribution in [2.24, 2.45) is 0 Å². The molecule has 0 atom stereocenters. The van der Waals surface area contributed by atoms with E-state index in [9.17, 15) is 4.79 Å². The van der Waals surface area contributed by atoms with Crippen LogP contribution in [0, 0.1) is 0 Å². The monoisotopic (exact) mass is 380 g/mol. The summed E-state index contributed by atoms with van der Waals surface area (Å²) in [5, 5.41) is 5.66. The number of carbonyl (C=O) groups excluding carboxylic acids is 1. The van der Waals surface area contributed by atoms with Crippen molar-refractivity contribution >= 4 is 50.9 Å². The van der Waals surface area contributed by atoms with Gasteiger partial charge in [-0.15, -0.1) is 0 Å². The molecule has 2 rings (SSSR count). The maximum atomic E-state index is 11.7. The Bertz CT molecular complexity index is 699. The van der Waals surface area contributed by atoms with Crippen LogP contribution in [0.15, 0.2) is 51.6 Å². The summed E-state index contributed by atoms with van der Waals surface area (Å²) in [6, 6.07) is 8.87. The third kappa shape index (κ3) is 4.71. The molecule has 1 amide bonds. The Balaban J connectivity index is 1.89. The molecule has 0 fully saturated rings. The smallest absolute Gasteiger partial charge is 0.250 e. The molecule has 22 heavy (non-hydrogen) atoms. The average molecular weight is 381 g/mol. The number of furan rings is 1. The molecule has 5 nitrogen and oxygen atoms in total. The second-order valence-electron chi connectivity index (χ2n) is 4.14. The Kier molecular flexibility index (Phi) is 5.74. The van der Waals surface area contributed by atoms with Crippen LogP contribution in [0.2, 0.25) is 0 Å². The lowest BCUT2D eigenvalue weighted by molar-refractivity contribution is -0.115. The van der Waals surface area contributed by atoms with Crippen molar-refractivity contribution in [2.45, 2.75) is 0 Å². The van der Waals surface area contributed by atoms with Gasteiger partial charge >= 0.3 is 0 Å². The van der Waals surface area contributed by atoms with Crippen LogP contribution in [-0.2, 0) is 4.79 Å². The largest absolute Gasteiger partial charge is 0.496 e. The number of halogens is 1. The third-order valence-corrected chi connectivity index (χ3v) is 3.41. The number of rotatable bonds is 4. The summed E-state index contributed by atoms with van der Waals surface area (Å²) in [4.78, 5) is 11.7. The summed E-state index contributed by atoms with van der Waals surface area (Å²) in [5.41, 5.74) is 0.730. The van der Waals surface area contributed by atoms with Gasteiger partial charge in [-0.1, -0.05) is 0 Å². The van der Waals surface area contributed by atoms with Gasteiger partial charge in [-0.3, -0.25) is 10.1 Å². The number of nitrogens with one attached hydrogen (secondary N) is 2. The predicted octanol–water partition coefficient (Wildman–Crippen LogP) is 3.58. The minimum Gasteiger partial charge on any atom is -0.496 e. The van der Waals surface area contributed by atoms with E-state index in [1.165, 1.54) is 12.3 Å². The van der Waals surface area contributed by atoms with Gasteiger partial charge in [0.25, 0.3) is 0 Å². The van der Waals surface area contributed by atoms with E-state index in [2.05, 4.69) is 26.6 Å². The molecule has 0 bridgehead atoms. The molecule has 0 spiro atoms. The average Bonchev–Trinajstić information content (AvgIpc) is 2.98. The van der Waals surface area contributed by atoms with Crippen molar-refractivity contribution in [3.05, 3.63) is 52.9 Å². The summed E-state index contributed by atoms with van der Waals surface area (Å²) >= 11 is 8.46. The predicted molar refractivity (Wildman–Crippen MR) is 92.8 cm³/mol. The van der Waals surface area contributed by atoms with Crippen LogP contribution in [0.3, 0.4) is 0 Å². The van der Waals surface area contributed by atoms with Gasteiger partial charge in [-0.2, -0.15) is 0 Å². The van der Waals surface area contributed by atoms with Crippen LogP contribution in [0.1, 0.15) is 5.76 Å². The van der Waals surface area contributed by atoms with E-state index in [0.717, 1.165) is 10.2 Å². The highest BCUT2D eigenvalue weighted by Crippen LogP contribution is 2.27. The molecule has 0 saturated carbocycles. The topological polar surface area (TPSA) is 63.5 Å². The van der Waals surface area contributed by atoms with Crippen LogP contribution in [0.4, 0.5) is 5.69 Å². The second-order valence-corrected chi connectivity index (χ2v) is 5.40. The standard InChI is InChI=1S/C15H13BrN2O3S/c1-20-13-6-4-10(9-12(13)16)17-15(22)18-14(19)7-5-11-3-2-8-21-11/h2-9H,1H3,(H2,17,18,19,22). The lowest BCUT2D eigenvalue weighted by Gasteiger charge is -2.10. The van der Waals surface area contributed by atoms with Gasteiger partial charge in [0.05, 0.1) is 17.8 Å². The molecular weight excluding hydrogens is 368 g/mol. The summed E-state index contributed by atoms with van der Waals surface area (Å²) in [7, 11) is 1.59. The van der Waals surface area contributed by atoms with Crippen molar-refractivity contribution in [3.63, 3.8) is 0 Å². The first-order valence-electron chi connectivity index (χ1n) is 6.25. The molecule has 1 heterocycles. The van der Waals surface area contributed by atoms with E-state index < -0.39 is 0 Å². The minimum atomic E-state index is -0.346. The van der Waals surface area contributed by atoms with Crippen LogP contribution < -0.4 is 15.4 Å². The van der Waals surface area contributed by atoms with Crippen molar-refractivity contribution in [1.29, 1.82) is 0 Å². The number of ether oxygens (including phenoxy) is 1. The fourth-order valence-electron chi connectivity index (χ4n) is 1.60. The number of hydrogen-bond donors (Lipinski definition) is 2. The molecule has 1 aromatic heterocycles. The Labute approximate surface area is 141 Å².